The maximum atomic E-state index is 12.9. The highest BCUT2D eigenvalue weighted by Gasteiger charge is 2.14. The van der Waals surface area contributed by atoms with Crippen molar-refractivity contribution in [1.82, 2.24) is 19.7 Å². The van der Waals surface area contributed by atoms with Crippen LogP contribution in [-0.4, -0.2) is 19.7 Å². The van der Waals surface area contributed by atoms with Crippen LogP contribution in [0.1, 0.15) is 5.56 Å². The van der Waals surface area contributed by atoms with E-state index in [-0.39, 0.29) is 5.56 Å². The van der Waals surface area contributed by atoms with Gasteiger partial charge in [0, 0.05) is 10.2 Å². The molecule has 0 spiro atoms. The van der Waals surface area contributed by atoms with E-state index < -0.39 is 0 Å². The Hall–Kier alpha value is -2.38. The number of aromatic amines is 1. The highest BCUT2D eigenvalue weighted by Crippen LogP contribution is 2.25. The summed E-state index contributed by atoms with van der Waals surface area (Å²) in [7, 11) is 0. The molecule has 124 valence electrons. The minimum atomic E-state index is -0.123. The van der Waals surface area contributed by atoms with Crippen molar-refractivity contribution in [3.63, 3.8) is 0 Å². The Kier molecular flexibility index (Phi) is 4.42. The van der Waals surface area contributed by atoms with Crippen molar-refractivity contribution < 1.29 is 0 Å². The summed E-state index contributed by atoms with van der Waals surface area (Å²) in [4.78, 5) is 17.5. The molecule has 2 aromatic carbocycles. The summed E-state index contributed by atoms with van der Waals surface area (Å²) in [5.74, 6) is 0.707. The lowest BCUT2D eigenvalue weighted by molar-refractivity contribution is 0.816. The molecule has 7 heteroatoms. The molecular formula is C18H13BrN4OS. The van der Waals surface area contributed by atoms with Gasteiger partial charge in [0.15, 0.2) is 10.8 Å². The van der Waals surface area contributed by atoms with Crippen molar-refractivity contribution in [3.8, 4) is 5.69 Å². The summed E-state index contributed by atoms with van der Waals surface area (Å²) in [5, 5.41) is 7.86. The summed E-state index contributed by atoms with van der Waals surface area (Å²) < 4.78 is 2.67. The first-order chi connectivity index (χ1) is 12.2. The zero-order chi connectivity index (χ0) is 17.2. The first-order valence-electron chi connectivity index (χ1n) is 7.61. The minimum absolute atomic E-state index is 0.123. The fourth-order valence-electron chi connectivity index (χ4n) is 2.55. The molecule has 0 aliphatic heterocycles. The van der Waals surface area contributed by atoms with E-state index in [1.165, 1.54) is 18.0 Å². The van der Waals surface area contributed by atoms with E-state index in [0.717, 1.165) is 15.7 Å². The number of nitrogens with zero attached hydrogens (tertiary/aromatic N) is 3. The van der Waals surface area contributed by atoms with Gasteiger partial charge in [0.05, 0.1) is 11.9 Å². The Morgan fingerprint density at radius 1 is 1.12 bits per heavy atom. The number of hydrogen-bond acceptors (Lipinski definition) is 4. The number of aromatic nitrogens is 4. The molecule has 1 N–H and O–H groups in total. The van der Waals surface area contributed by atoms with Crippen LogP contribution in [0.2, 0.25) is 0 Å². The predicted molar refractivity (Wildman–Crippen MR) is 103 cm³/mol. The Morgan fingerprint density at radius 2 is 1.96 bits per heavy atom. The molecule has 4 rings (SSSR count). The number of thioether (sulfide) groups is 1. The maximum absolute atomic E-state index is 12.9. The summed E-state index contributed by atoms with van der Waals surface area (Å²) in [6.45, 7) is 0. The van der Waals surface area contributed by atoms with Gasteiger partial charge in [-0.3, -0.25) is 14.5 Å². The number of nitrogens with one attached hydrogen (secondary N) is 1. The molecule has 0 aliphatic rings. The van der Waals surface area contributed by atoms with E-state index in [2.05, 4.69) is 43.2 Å². The Balaban J connectivity index is 1.80. The number of H-pyrrole nitrogens is 1. The van der Waals surface area contributed by atoms with Gasteiger partial charge in [-0.1, -0.05) is 58.0 Å². The molecule has 5 nitrogen and oxygen atoms in total. The normalized spacial score (nSPS) is 11.1. The molecule has 0 fully saturated rings. The van der Waals surface area contributed by atoms with Crippen LogP contribution in [-0.2, 0) is 5.75 Å². The van der Waals surface area contributed by atoms with Crippen molar-refractivity contribution in [3.05, 3.63) is 81.2 Å². The molecule has 4 aromatic rings. The highest BCUT2D eigenvalue weighted by atomic mass is 79.9. The number of hydrogen-bond donors (Lipinski definition) is 1. The molecule has 0 unspecified atom stereocenters. The maximum Gasteiger partial charge on any atom is 0.269 e. The monoisotopic (exact) mass is 412 g/mol. The second-order valence-corrected chi connectivity index (χ2v) is 7.28. The number of benzene rings is 2. The van der Waals surface area contributed by atoms with Crippen LogP contribution in [0.4, 0.5) is 0 Å². The van der Waals surface area contributed by atoms with Crippen molar-refractivity contribution in [2.75, 3.05) is 0 Å². The zero-order valence-electron chi connectivity index (χ0n) is 13.0. The topological polar surface area (TPSA) is 63.6 Å². The standard InChI is InChI=1S/C18H13BrN4OS/c19-13-6-4-5-12(9-13)11-25-18-21-16-15(10-20-22-16)17(24)23(18)14-7-2-1-3-8-14/h1-10H,11H2,(H,20,22). The molecule has 0 saturated heterocycles. The molecule has 2 heterocycles. The van der Waals surface area contributed by atoms with Gasteiger partial charge in [-0.25, -0.2) is 4.98 Å². The van der Waals surface area contributed by atoms with Gasteiger partial charge < -0.3 is 0 Å². The number of fused-ring (bicyclic) bond motifs is 1. The van der Waals surface area contributed by atoms with Crippen LogP contribution in [0.25, 0.3) is 16.7 Å². The minimum Gasteiger partial charge on any atom is -0.268 e. The van der Waals surface area contributed by atoms with Crippen molar-refractivity contribution in [2.24, 2.45) is 0 Å². The van der Waals surface area contributed by atoms with Crippen molar-refractivity contribution in [2.45, 2.75) is 10.9 Å². The zero-order valence-corrected chi connectivity index (χ0v) is 15.4. The summed E-state index contributed by atoms with van der Waals surface area (Å²) in [6.07, 6.45) is 1.52. The van der Waals surface area contributed by atoms with Gasteiger partial charge in [-0.15, -0.1) is 0 Å². The lowest BCUT2D eigenvalue weighted by Gasteiger charge is -2.11. The molecule has 2 aromatic heterocycles. The second kappa shape index (κ2) is 6.85. The quantitative estimate of drug-likeness (QED) is 0.403. The average molecular weight is 413 g/mol. The van der Waals surface area contributed by atoms with Crippen LogP contribution in [0, 0.1) is 0 Å². The fraction of sp³-hybridized carbons (Fsp3) is 0.0556. The van der Waals surface area contributed by atoms with Crippen LogP contribution in [0.15, 0.2) is 75.2 Å². The molecule has 0 atom stereocenters. The first kappa shape index (κ1) is 16.1. The molecule has 0 aliphatic carbocycles. The molecule has 0 radical (unpaired) electrons. The molecule has 0 saturated carbocycles. The lowest BCUT2D eigenvalue weighted by atomic mass is 10.2. The summed E-state index contributed by atoms with van der Waals surface area (Å²) >= 11 is 5.00. The highest BCUT2D eigenvalue weighted by molar-refractivity contribution is 9.10. The molecule has 0 bridgehead atoms. The van der Waals surface area contributed by atoms with Gasteiger partial charge in [0.25, 0.3) is 5.56 Å². The summed E-state index contributed by atoms with van der Waals surface area (Å²) in [6, 6.07) is 17.6. The first-order valence-corrected chi connectivity index (χ1v) is 9.39. The smallest absolute Gasteiger partial charge is 0.268 e. The number of rotatable bonds is 4. The second-order valence-electron chi connectivity index (χ2n) is 5.42. The van der Waals surface area contributed by atoms with Gasteiger partial charge in [-0.2, -0.15) is 5.10 Å². The SMILES string of the molecule is O=c1c2cn[nH]c2nc(SCc2cccc(Br)c2)n1-c1ccccc1. The van der Waals surface area contributed by atoms with Crippen LogP contribution < -0.4 is 5.56 Å². The average Bonchev–Trinajstić information content (AvgIpc) is 3.10. The van der Waals surface area contributed by atoms with E-state index in [9.17, 15) is 4.79 Å². The van der Waals surface area contributed by atoms with E-state index in [4.69, 9.17) is 0 Å². The van der Waals surface area contributed by atoms with E-state index in [0.29, 0.717) is 21.9 Å². The Labute approximate surface area is 156 Å². The van der Waals surface area contributed by atoms with Crippen molar-refractivity contribution in [1.29, 1.82) is 0 Å². The van der Waals surface area contributed by atoms with Gasteiger partial charge in [-0.05, 0) is 29.8 Å². The van der Waals surface area contributed by atoms with Crippen molar-refractivity contribution >= 4 is 38.7 Å². The molecular weight excluding hydrogens is 400 g/mol. The predicted octanol–water partition coefficient (Wildman–Crippen LogP) is 4.16. The third-order valence-corrected chi connectivity index (χ3v) is 5.23. The van der Waals surface area contributed by atoms with Crippen LogP contribution in [0.3, 0.4) is 0 Å². The van der Waals surface area contributed by atoms with Gasteiger partial charge in [0.2, 0.25) is 0 Å². The lowest BCUT2D eigenvalue weighted by Crippen LogP contribution is -2.21. The third-order valence-electron chi connectivity index (χ3n) is 3.72. The van der Waals surface area contributed by atoms with E-state index in [1.54, 1.807) is 4.57 Å². The Bertz CT molecular complexity index is 1090. The molecule has 25 heavy (non-hydrogen) atoms. The van der Waals surface area contributed by atoms with Gasteiger partial charge >= 0.3 is 0 Å². The number of para-hydroxylation sites is 1. The fourth-order valence-corrected chi connectivity index (χ4v) is 3.95. The van der Waals surface area contributed by atoms with E-state index >= 15 is 0 Å². The van der Waals surface area contributed by atoms with Crippen LogP contribution >= 0.6 is 27.7 Å². The largest absolute Gasteiger partial charge is 0.269 e. The summed E-state index contributed by atoms with van der Waals surface area (Å²) in [5.41, 5.74) is 2.33. The molecule has 0 amide bonds. The Morgan fingerprint density at radius 3 is 2.76 bits per heavy atom. The van der Waals surface area contributed by atoms with E-state index in [1.807, 2.05) is 42.5 Å². The van der Waals surface area contributed by atoms with Gasteiger partial charge in [0.1, 0.15) is 5.39 Å². The number of halogens is 1. The third kappa shape index (κ3) is 3.25. The van der Waals surface area contributed by atoms with Crippen LogP contribution in [0.5, 0.6) is 0 Å².